The number of amides is 1. The molecule has 116 valence electrons. The maximum Gasteiger partial charge on any atom is 0.251 e. The first-order chi connectivity index (χ1) is 9.97. The van der Waals surface area contributed by atoms with Gasteiger partial charge in [-0.25, -0.2) is 4.98 Å². The summed E-state index contributed by atoms with van der Waals surface area (Å²) in [6, 6.07) is 3.62. The van der Waals surface area contributed by atoms with E-state index in [-0.39, 0.29) is 11.4 Å². The minimum atomic E-state index is -0.0230. The van der Waals surface area contributed by atoms with E-state index in [9.17, 15) is 4.79 Å². The Kier molecular flexibility index (Phi) is 4.83. The number of aryl methyl sites for hydroxylation is 1. The lowest BCUT2D eigenvalue weighted by Crippen LogP contribution is -2.50. The van der Waals surface area contributed by atoms with E-state index in [2.05, 4.69) is 34.6 Å². The molecule has 0 spiro atoms. The standard InChI is InChI=1S/C16H26N4O/c1-12-9-13(10-14(17-2)19-12)15(21)18-11-16(20(3)4)7-5-6-8-16/h9-10H,5-8,11H2,1-4H3,(H,17,19)(H,18,21). The minimum absolute atomic E-state index is 0.0230. The number of nitrogens with one attached hydrogen (secondary N) is 2. The summed E-state index contributed by atoms with van der Waals surface area (Å²) < 4.78 is 0. The molecule has 1 amide bonds. The lowest BCUT2D eigenvalue weighted by atomic mass is 9.96. The van der Waals surface area contributed by atoms with E-state index in [1.54, 1.807) is 6.07 Å². The molecular formula is C16H26N4O. The Balaban J connectivity index is 2.06. The van der Waals surface area contributed by atoms with Gasteiger partial charge in [-0.05, 0) is 46.0 Å². The Hall–Kier alpha value is -1.62. The van der Waals surface area contributed by atoms with Gasteiger partial charge in [0.25, 0.3) is 5.91 Å². The third-order valence-corrected chi connectivity index (χ3v) is 4.53. The number of nitrogens with zero attached hydrogens (tertiary/aromatic N) is 2. The number of hydrogen-bond acceptors (Lipinski definition) is 4. The van der Waals surface area contributed by atoms with Crippen molar-refractivity contribution in [1.82, 2.24) is 15.2 Å². The van der Waals surface area contributed by atoms with Crippen LogP contribution in [0, 0.1) is 6.92 Å². The van der Waals surface area contributed by atoms with Crippen molar-refractivity contribution in [3.05, 3.63) is 23.4 Å². The molecule has 2 N–H and O–H groups in total. The molecule has 0 bridgehead atoms. The fourth-order valence-electron chi connectivity index (χ4n) is 3.09. The zero-order chi connectivity index (χ0) is 15.5. The van der Waals surface area contributed by atoms with Gasteiger partial charge in [0.1, 0.15) is 5.82 Å². The van der Waals surface area contributed by atoms with Crippen LogP contribution in [-0.4, -0.2) is 49.0 Å². The van der Waals surface area contributed by atoms with Crippen LogP contribution in [0.2, 0.25) is 0 Å². The monoisotopic (exact) mass is 290 g/mol. The van der Waals surface area contributed by atoms with Gasteiger partial charge in [-0.2, -0.15) is 0 Å². The van der Waals surface area contributed by atoms with Crippen LogP contribution in [0.3, 0.4) is 0 Å². The van der Waals surface area contributed by atoms with Gasteiger partial charge < -0.3 is 15.5 Å². The zero-order valence-electron chi connectivity index (χ0n) is 13.5. The molecule has 5 nitrogen and oxygen atoms in total. The number of aromatic nitrogens is 1. The third kappa shape index (κ3) is 3.53. The Morgan fingerprint density at radius 1 is 1.33 bits per heavy atom. The van der Waals surface area contributed by atoms with Gasteiger partial charge in [0.05, 0.1) is 0 Å². The molecule has 1 aliphatic rings. The average molecular weight is 290 g/mol. The predicted molar refractivity (Wildman–Crippen MR) is 85.7 cm³/mol. The molecule has 1 saturated carbocycles. The number of rotatable bonds is 5. The van der Waals surface area contributed by atoms with Crippen LogP contribution in [0.25, 0.3) is 0 Å². The maximum atomic E-state index is 12.4. The number of carbonyl (C=O) groups excluding carboxylic acids is 1. The fraction of sp³-hybridized carbons (Fsp3) is 0.625. The van der Waals surface area contributed by atoms with Crippen LogP contribution in [0.1, 0.15) is 41.7 Å². The van der Waals surface area contributed by atoms with Crippen LogP contribution in [0.5, 0.6) is 0 Å². The summed E-state index contributed by atoms with van der Waals surface area (Å²) in [4.78, 5) is 19.0. The van der Waals surface area contributed by atoms with E-state index in [1.807, 2.05) is 20.0 Å². The molecule has 0 atom stereocenters. The van der Waals surface area contributed by atoms with Gasteiger partial charge in [0.2, 0.25) is 0 Å². The van der Waals surface area contributed by atoms with E-state index in [1.165, 1.54) is 12.8 Å². The van der Waals surface area contributed by atoms with Gasteiger partial charge in [-0.15, -0.1) is 0 Å². The summed E-state index contributed by atoms with van der Waals surface area (Å²) in [5.74, 6) is 0.702. The van der Waals surface area contributed by atoms with Crippen molar-refractivity contribution < 1.29 is 4.79 Å². The molecule has 0 unspecified atom stereocenters. The van der Waals surface area contributed by atoms with Crippen LogP contribution in [0.4, 0.5) is 5.82 Å². The molecule has 1 heterocycles. The number of carbonyl (C=O) groups is 1. The highest BCUT2D eigenvalue weighted by molar-refractivity contribution is 5.95. The second-order valence-electron chi connectivity index (χ2n) is 6.14. The molecule has 0 saturated heterocycles. The Morgan fingerprint density at radius 2 is 2.00 bits per heavy atom. The molecule has 2 rings (SSSR count). The molecule has 0 aliphatic heterocycles. The average Bonchev–Trinajstić information content (AvgIpc) is 2.94. The van der Waals surface area contributed by atoms with Gasteiger partial charge in [0.15, 0.2) is 0 Å². The Morgan fingerprint density at radius 3 is 2.57 bits per heavy atom. The molecule has 21 heavy (non-hydrogen) atoms. The smallest absolute Gasteiger partial charge is 0.251 e. The van der Waals surface area contributed by atoms with Crippen molar-refractivity contribution in [2.75, 3.05) is 33.0 Å². The highest BCUT2D eigenvalue weighted by Crippen LogP contribution is 2.33. The van der Waals surface area contributed by atoms with Crippen LogP contribution in [-0.2, 0) is 0 Å². The first-order valence-corrected chi connectivity index (χ1v) is 7.59. The molecule has 1 aromatic heterocycles. The van der Waals surface area contributed by atoms with Gasteiger partial charge in [-0.3, -0.25) is 4.79 Å². The Labute approximate surface area is 127 Å². The maximum absolute atomic E-state index is 12.4. The first kappa shape index (κ1) is 15.8. The van der Waals surface area contributed by atoms with Gasteiger partial charge in [-0.1, -0.05) is 12.8 Å². The van der Waals surface area contributed by atoms with Crippen LogP contribution < -0.4 is 10.6 Å². The summed E-state index contributed by atoms with van der Waals surface area (Å²) >= 11 is 0. The SMILES string of the molecule is CNc1cc(C(=O)NCC2(N(C)C)CCCC2)cc(C)n1. The van der Waals surface area contributed by atoms with Gasteiger partial charge >= 0.3 is 0 Å². The highest BCUT2D eigenvalue weighted by Gasteiger charge is 2.36. The predicted octanol–water partition coefficient (Wildman–Crippen LogP) is 2.04. The molecule has 5 heteroatoms. The van der Waals surface area contributed by atoms with E-state index >= 15 is 0 Å². The highest BCUT2D eigenvalue weighted by atomic mass is 16.1. The molecule has 1 aromatic rings. The third-order valence-electron chi connectivity index (χ3n) is 4.53. The van der Waals surface area contributed by atoms with E-state index in [0.29, 0.717) is 12.1 Å². The molecule has 0 aromatic carbocycles. The minimum Gasteiger partial charge on any atom is -0.373 e. The molecule has 1 fully saturated rings. The van der Waals surface area contributed by atoms with Gasteiger partial charge in [0, 0.05) is 30.4 Å². The van der Waals surface area contributed by atoms with Crippen molar-refractivity contribution in [1.29, 1.82) is 0 Å². The van der Waals surface area contributed by atoms with Crippen molar-refractivity contribution in [3.63, 3.8) is 0 Å². The molecular weight excluding hydrogens is 264 g/mol. The Bertz CT molecular complexity index is 507. The number of pyridine rings is 1. The molecule has 0 radical (unpaired) electrons. The summed E-state index contributed by atoms with van der Waals surface area (Å²) in [5.41, 5.74) is 1.62. The van der Waals surface area contributed by atoms with Crippen molar-refractivity contribution >= 4 is 11.7 Å². The summed E-state index contributed by atoms with van der Waals surface area (Å²) in [7, 11) is 6.02. The second kappa shape index (κ2) is 6.43. The van der Waals surface area contributed by atoms with E-state index in [0.717, 1.165) is 24.4 Å². The fourth-order valence-corrected chi connectivity index (χ4v) is 3.09. The summed E-state index contributed by atoms with van der Waals surface area (Å²) in [5, 5.41) is 6.09. The zero-order valence-corrected chi connectivity index (χ0v) is 13.5. The van der Waals surface area contributed by atoms with Crippen molar-refractivity contribution in [3.8, 4) is 0 Å². The van der Waals surface area contributed by atoms with E-state index < -0.39 is 0 Å². The lowest BCUT2D eigenvalue weighted by molar-refractivity contribution is 0.0900. The number of anilines is 1. The topological polar surface area (TPSA) is 57.3 Å². The number of likely N-dealkylation sites (N-methyl/N-ethyl adjacent to an activating group) is 1. The van der Waals surface area contributed by atoms with E-state index in [4.69, 9.17) is 0 Å². The lowest BCUT2D eigenvalue weighted by Gasteiger charge is -2.36. The van der Waals surface area contributed by atoms with Crippen molar-refractivity contribution in [2.24, 2.45) is 0 Å². The largest absolute Gasteiger partial charge is 0.373 e. The second-order valence-corrected chi connectivity index (χ2v) is 6.14. The summed E-state index contributed by atoms with van der Waals surface area (Å²) in [6.07, 6.45) is 4.79. The molecule has 1 aliphatic carbocycles. The van der Waals surface area contributed by atoms with Crippen molar-refractivity contribution in [2.45, 2.75) is 38.1 Å². The number of hydrogen-bond donors (Lipinski definition) is 2. The van der Waals surface area contributed by atoms with Crippen LogP contribution in [0.15, 0.2) is 12.1 Å². The van der Waals surface area contributed by atoms with Crippen LogP contribution >= 0.6 is 0 Å². The quantitative estimate of drug-likeness (QED) is 0.871. The first-order valence-electron chi connectivity index (χ1n) is 7.59. The summed E-state index contributed by atoms with van der Waals surface area (Å²) in [6.45, 7) is 2.60. The normalized spacial score (nSPS) is 17.0.